The zero-order valence-corrected chi connectivity index (χ0v) is 19.7. The fourth-order valence-corrected chi connectivity index (χ4v) is 5.13. The molecule has 0 bridgehead atoms. The van der Waals surface area contributed by atoms with E-state index in [0.29, 0.717) is 5.95 Å². The van der Waals surface area contributed by atoms with Gasteiger partial charge < -0.3 is 10.6 Å². The molecule has 0 amide bonds. The minimum atomic E-state index is 0.608. The molecule has 0 aliphatic rings. The van der Waals surface area contributed by atoms with Crippen LogP contribution in [0.25, 0.3) is 43.1 Å². The van der Waals surface area contributed by atoms with Crippen LogP contribution in [0.15, 0.2) is 61.1 Å². The monoisotopic (exact) mass is 463 g/mol. The second-order valence-electron chi connectivity index (χ2n) is 8.13. The number of thiazole rings is 1. The van der Waals surface area contributed by atoms with Gasteiger partial charge in [0.05, 0.1) is 26.3 Å². The molecular formula is C26H21N7S. The van der Waals surface area contributed by atoms with Gasteiger partial charge in [-0.1, -0.05) is 12.1 Å². The van der Waals surface area contributed by atoms with Crippen molar-refractivity contribution in [1.29, 1.82) is 0 Å². The third-order valence-electron chi connectivity index (χ3n) is 5.87. The lowest BCUT2D eigenvalue weighted by atomic mass is 9.96. The Labute approximate surface area is 200 Å². The van der Waals surface area contributed by atoms with Crippen LogP contribution in [0.2, 0.25) is 0 Å². The standard InChI is InChI=1S/C26H21N7S/c1-14-4-7-19-24(23(14)16-5-8-20-17(10-16)12-28-26(27-3)33-20)29-13-30-25(19)32-18-6-9-21-22(11-18)34-15(2)31-21/h4-13H,1-3H3,(H,27,28,33)(H,29,30,32). The molecular weight excluding hydrogens is 442 g/mol. The van der Waals surface area contributed by atoms with Crippen molar-refractivity contribution in [3.63, 3.8) is 0 Å². The van der Waals surface area contributed by atoms with Crippen LogP contribution in [-0.4, -0.2) is 32.0 Å². The molecule has 0 fully saturated rings. The number of fused-ring (bicyclic) bond motifs is 3. The molecule has 0 spiro atoms. The predicted molar refractivity (Wildman–Crippen MR) is 140 cm³/mol. The van der Waals surface area contributed by atoms with Gasteiger partial charge in [-0.15, -0.1) is 11.3 Å². The summed E-state index contributed by atoms with van der Waals surface area (Å²) >= 11 is 1.69. The van der Waals surface area contributed by atoms with E-state index in [2.05, 4.69) is 72.8 Å². The lowest BCUT2D eigenvalue weighted by Gasteiger charge is -2.14. The van der Waals surface area contributed by atoms with Gasteiger partial charge in [-0.2, -0.15) is 0 Å². The molecule has 3 aromatic heterocycles. The Morgan fingerprint density at radius 1 is 0.853 bits per heavy atom. The Morgan fingerprint density at radius 2 is 1.74 bits per heavy atom. The maximum absolute atomic E-state index is 4.68. The summed E-state index contributed by atoms with van der Waals surface area (Å²) in [6, 6.07) is 16.6. The van der Waals surface area contributed by atoms with E-state index >= 15 is 0 Å². The van der Waals surface area contributed by atoms with Gasteiger partial charge in [0.25, 0.3) is 0 Å². The molecule has 34 heavy (non-hydrogen) atoms. The Kier molecular flexibility index (Phi) is 4.81. The normalized spacial score (nSPS) is 11.4. The SMILES string of the molecule is CNc1ncc2cc(-c3c(C)ccc4c(Nc5ccc6nc(C)sc6c5)ncnc34)ccc2n1. The first-order valence-electron chi connectivity index (χ1n) is 10.9. The third kappa shape index (κ3) is 3.48. The van der Waals surface area contributed by atoms with Crippen LogP contribution in [-0.2, 0) is 0 Å². The summed E-state index contributed by atoms with van der Waals surface area (Å²) < 4.78 is 1.15. The van der Waals surface area contributed by atoms with Crippen LogP contribution in [0.3, 0.4) is 0 Å². The maximum Gasteiger partial charge on any atom is 0.222 e. The maximum atomic E-state index is 4.68. The van der Waals surface area contributed by atoms with Gasteiger partial charge in [0.15, 0.2) is 0 Å². The fourth-order valence-electron chi connectivity index (χ4n) is 4.26. The highest BCUT2D eigenvalue weighted by Crippen LogP contribution is 2.35. The van der Waals surface area contributed by atoms with Crippen LogP contribution in [0.4, 0.5) is 17.5 Å². The number of benzene rings is 3. The summed E-state index contributed by atoms with van der Waals surface area (Å²) in [5.74, 6) is 1.38. The van der Waals surface area contributed by atoms with Gasteiger partial charge in [0.1, 0.15) is 12.1 Å². The second-order valence-corrected chi connectivity index (χ2v) is 9.37. The van der Waals surface area contributed by atoms with Crippen molar-refractivity contribution < 1.29 is 0 Å². The van der Waals surface area contributed by atoms with E-state index in [4.69, 9.17) is 0 Å². The zero-order chi connectivity index (χ0) is 23.2. The van der Waals surface area contributed by atoms with E-state index in [-0.39, 0.29) is 0 Å². The highest BCUT2D eigenvalue weighted by atomic mass is 32.1. The molecule has 0 aliphatic heterocycles. The summed E-state index contributed by atoms with van der Waals surface area (Å²) in [4.78, 5) is 22.7. The molecule has 0 unspecified atom stereocenters. The summed E-state index contributed by atoms with van der Waals surface area (Å²) in [5, 5.41) is 9.48. The molecule has 0 aliphatic carbocycles. The first kappa shape index (κ1) is 20.4. The number of anilines is 3. The van der Waals surface area contributed by atoms with Gasteiger partial charge in [-0.3, -0.25) is 0 Å². The van der Waals surface area contributed by atoms with Crippen molar-refractivity contribution in [2.75, 3.05) is 17.7 Å². The zero-order valence-electron chi connectivity index (χ0n) is 18.9. The molecule has 3 aromatic carbocycles. The average Bonchev–Trinajstić information content (AvgIpc) is 3.22. The predicted octanol–water partition coefficient (Wildman–Crippen LogP) is 6.25. The molecule has 0 saturated carbocycles. The van der Waals surface area contributed by atoms with Crippen molar-refractivity contribution in [3.05, 3.63) is 71.6 Å². The first-order valence-corrected chi connectivity index (χ1v) is 11.7. The van der Waals surface area contributed by atoms with Crippen LogP contribution in [0.1, 0.15) is 10.6 Å². The number of aryl methyl sites for hydroxylation is 2. The third-order valence-corrected chi connectivity index (χ3v) is 6.80. The van der Waals surface area contributed by atoms with Crippen molar-refractivity contribution in [1.82, 2.24) is 24.9 Å². The van der Waals surface area contributed by atoms with Crippen molar-refractivity contribution in [3.8, 4) is 11.1 Å². The van der Waals surface area contributed by atoms with E-state index < -0.39 is 0 Å². The highest BCUT2D eigenvalue weighted by Gasteiger charge is 2.14. The Balaban J connectivity index is 1.46. The van der Waals surface area contributed by atoms with Gasteiger partial charge >= 0.3 is 0 Å². The van der Waals surface area contributed by atoms with Crippen LogP contribution in [0, 0.1) is 13.8 Å². The number of hydrogen-bond acceptors (Lipinski definition) is 8. The van der Waals surface area contributed by atoms with Gasteiger partial charge in [-0.05, 0) is 61.4 Å². The molecule has 6 rings (SSSR count). The molecule has 166 valence electrons. The lowest BCUT2D eigenvalue weighted by molar-refractivity contribution is 1.19. The van der Waals surface area contributed by atoms with Crippen molar-refractivity contribution in [2.45, 2.75) is 13.8 Å². The van der Waals surface area contributed by atoms with Crippen LogP contribution < -0.4 is 10.6 Å². The van der Waals surface area contributed by atoms with Crippen molar-refractivity contribution >= 4 is 60.8 Å². The number of nitrogens with one attached hydrogen (secondary N) is 2. The van der Waals surface area contributed by atoms with Gasteiger partial charge in [-0.25, -0.2) is 24.9 Å². The van der Waals surface area contributed by atoms with E-state index in [9.17, 15) is 0 Å². The number of aromatic nitrogens is 5. The summed E-state index contributed by atoms with van der Waals surface area (Å²) in [6.45, 7) is 4.13. The average molecular weight is 464 g/mol. The molecule has 6 aromatic rings. The van der Waals surface area contributed by atoms with Gasteiger partial charge in [0, 0.05) is 35.3 Å². The number of rotatable bonds is 4. The van der Waals surface area contributed by atoms with E-state index in [1.807, 2.05) is 38.4 Å². The summed E-state index contributed by atoms with van der Waals surface area (Å²) in [7, 11) is 1.82. The first-order chi connectivity index (χ1) is 16.6. The summed E-state index contributed by atoms with van der Waals surface area (Å²) in [5.41, 5.74) is 7.08. The molecule has 2 N–H and O–H groups in total. The molecule has 8 heteroatoms. The molecule has 7 nitrogen and oxygen atoms in total. The summed E-state index contributed by atoms with van der Waals surface area (Å²) in [6.07, 6.45) is 3.46. The van der Waals surface area contributed by atoms with Crippen LogP contribution >= 0.6 is 11.3 Å². The quantitative estimate of drug-likeness (QED) is 0.319. The molecule has 0 atom stereocenters. The second kappa shape index (κ2) is 8.00. The lowest BCUT2D eigenvalue weighted by Crippen LogP contribution is -1.98. The Hall–Kier alpha value is -4.17. The van der Waals surface area contributed by atoms with E-state index in [1.165, 1.54) is 0 Å². The number of hydrogen-bond donors (Lipinski definition) is 2. The molecule has 0 saturated heterocycles. The molecule has 3 heterocycles. The van der Waals surface area contributed by atoms with E-state index in [0.717, 1.165) is 65.2 Å². The highest BCUT2D eigenvalue weighted by molar-refractivity contribution is 7.18. The minimum absolute atomic E-state index is 0.608. The minimum Gasteiger partial charge on any atom is -0.357 e. The Morgan fingerprint density at radius 3 is 2.62 bits per heavy atom. The fraction of sp³-hybridized carbons (Fsp3) is 0.115. The number of nitrogens with zero attached hydrogens (tertiary/aromatic N) is 5. The van der Waals surface area contributed by atoms with Gasteiger partial charge in [0.2, 0.25) is 5.95 Å². The van der Waals surface area contributed by atoms with Crippen LogP contribution in [0.5, 0.6) is 0 Å². The molecule has 0 radical (unpaired) electrons. The smallest absolute Gasteiger partial charge is 0.222 e. The van der Waals surface area contributed by atoms with E-state index in [1.54, 1.807) is 17.7 Å². The largest absolute Gasteiger partial charge is 0.357 e. The van der Waals surface area contributed by atoms with Crippen molar-refractivity contribution in [2.24, 2.45) is 0 Å². The topological polar surface area (TPSA) is 88.5 Å². The Bertz CT molecular complexity index is 1710.